The molecular weight excluding hydrogens is 1190 g/mol. The summed E-state index contributed by atoms with van der Waals surface area (Å²) in [5.74, 6) is -6.87. The van der Waals surface area contributed by atoms with Crippen LogP contribution >= 0.6 is 0 Å². The van der Waals surface area contributed by atoms with Gasteiger partial charge in [-0.1, -0.05) is 24.3 Å². The Labute approximate surface area is 530 Å². The minimum atomic E-state index is -1.34. The second-order valence-electron chi connectivity index (χ2n) is 21.0. The van der Waals surface area contributed by atoms with E-state index in [4.69, 9.17) is 76.3 Å². The SMILES string of the molecule is COc1ccc(CC(=O)[C@@H](CCCN=C(N)N)NC(=O)c2cc(CC(=O)[C@@H](CCCN=C(N)N)NC(=O)c3cc(CC(=O)[C@@H](CCCN=C(N)N)NC(=O)c4cc(CC(=O)[C@H](N)CCCN=C(N)N)ccc4OCC(=O)O)ccc3OC)ccc2OC)cc1C(N)=O. The van der Waals surface area contributed by atoms with Crippen LogP contribution in [-0.4, -0.2) is 160 Å². The summed E-state index contributed by atoms with van der Waals surface area (Å²) in [7, 11) is 4.01. The van der Waals surface area contributed by atoms with Crippen LogP contribution < -0.4 is 92.2 Å². The van der Waals surface area contributed by atoms with Crippen LogP contribution in [0.25, 0.3) is 0 Å². The number of ketones is 4. The first kappa shape index (κ1) is 73.6. The standard InChI is InChI=1S/C61H83N17O14/c1-89-49-16-12-33(24-37(49)54(63)85)29-46(80)42(9-5-21-73-59(66)67)76-55(86)38-25-35(13-17-50(38)90-2)30-47(81)43(10-6-22-74-60(68)69)77-56(87)39-26-36(14-18-51(39)91-3)31-48(82)44(11-7-23-75-61(70)71)78-57(88)40-27-34(15-19-52(40)92-32-53(83)84)28-45(79)41(62)8-4-20-72-58(64)65/h12-19,24-27,41-44H,4-11,20-23,28-32,62H2,1-3H3,(H2,63,85)(H,76,86)(H,77,87)(H,78,88)(H,83,84)(H4,64,65,72)(H4,66,67,73)(H4,68,69,74)(H4,70,71,75)/t41-,42-,43-,44-/m1/s1. The number of carboxylic acid groups (broad SMARTS) is 1. The predicted molar refractivity (Wildman–Crippen MR) is 343 cm³/mol. The van der Waals surface area contributed by atoms with E-state index in [0.717, 1.165) is 0 Å². The number of hydrogen-bond acceptors (Lipinski definition) is 18. The second-order valence-corrected chi connectivity index (χ2v) is 21.0. The maximum atomic E-state index is 14.5. The van der Waals surface area contributed by atoms with E-state index in [-0.39, 0.29) is 177 Å². The Morgan fingerprint density at radius 2 is 0.696 bits per heavy atom. The Bertz CT molecular complexity index is 3410. The lowest BCUT2D eigenvalue weighted by Crippen LogP contribution is -2.42. The summed E-state index contributed by atoms with van der Waals surface area (Å²) in [6, 6.07) is 13.0. The largest absolute Gasteiger partial charge is 0.496 e. The highest BCUT2D eigenvalue weighted by molar-refractivity contribution is 6.04. The Kier molecular flexibility index (Phi) is 29.8. The molecule has 0 radical (unpaired) electrons. The van der Waals surface area contributed by atoms with Gasteiger partial charge in [0.1, 0.15) is 23.0 Å². The highest BCUT2D eigenvalue weighted by Gasteiger charge is 2.29. The van der Waals surface area contributed by atoms with E-state index in [2.05, 4.69) is 35.9 Å². The van der Waals surface area contributed by atoms with Crippen molar-refractivity contribution in [2.45, 2.75) is 101 Å². The second kappa shape index (κ2) is 37.2. The molecule has 0 aliphatic rings. The zero-order valence-corrected chi connectivity index (χ0v) is 51.6. The summed E-state index contributed by atoms with van der Waals surface area (Å²) in [5, 5.41) is 17.7. The van der Waals surface area contributed by atoms with Gasteiger partial charge in [-0.25, -0.2) is 4.79 Å². The van der Waals surface area contributed by atoms with Crippen LogP contribution in [0.2, 0.25) is 0 Å². The van der Waals surface area contributed by atoms with Crippen LogP contribution in [-0.2, 0) is 49.7 Å². The summed E-state index contributed by atoms with van der Waals surface area (Å²) in [5.41, 5.74) is 56.9. The van der Waals surface area contributed by atoms with Crippen molar-refractivity contribution in [1.82, 2.24) is 16.0 Å². The van der Waals surface area contributed by atoms with Crippen LogP contribution in [0.4, 0.5) is 0 Å². The number of amides is 4. The minimum Gasteiger partial charge on any atom is -0.496 e. The topological polar surface area (TPSA) is 557 Å². The molecule has 0 spiro atoms. The van der Waals surface area contributed by atoms with Gasteiger partial charge in [0, 0.05) is 51.9 Å². The first-order chi connectivity index (χ1) is 43.7. The number of nitrogens with zero attached hydrogens (tertiary/aromatic N) is 4. The summed E-state index contributed by atoms with van der Waals surface area (Å²) < 4.78 is 21.8. The first-order valence-corrected chi connectivity index (χ1v) is 29.0. The number of ether oxygens (including phenoxy) is 4. The Balaban J connectivity index is 1.63. The van der Waals surface area contributed by atoms with E-state index in [1.807, 2.05) is 0 Å². The number of rotatable bonds is 41. The molecule has 0 aromatic heterocycles. The van der Waals surface area contributed by atoms with Crippen molar-refractivity contribution < 1.29 is 67.2 Å². The molecule has 0 saturated carbocycles. The molecule has 0 heterocycles. The Hall–Kier alpha value is -10.9. The predicted octanol–water partition coefficient (Wildman–Crippen LogP) is -1.34. The number of hydrogen-bond donors (Lipinski definition) is 14. The van der Waals surface area contributed by atoms with E-state index < -0.39 is 77.7 Å². The first-order valence-electron chi connectivity index (χ1n) is 29.0. The Morgan fingerprint density at radius 1 is 0.413 bits per heavy atom. The highest BCUT2D eigenvalue weighted by Crippen LogP contribution is 2.27. The quantitative estimate of drug-likeness (QED) is 0.0139. The van der Waals surface area contributed by atoms with Gasteiger partial charge in [0.2, 0.25) is 0 Å². The third-order valence-corrected chi connectivity index (χ3v) is 14.0. The summed E-state index contributed by atoms with van der Waals surface area (Å²) in [6.45, 7) is -0.305. The van der Waals surface area contributed by atoms with Crippen LogP contribution in [0.3, 0.4) is 0 Å². The number of carboxylic acids is 1. The van der Waals surface area contributed by atoms with Crippen molar-refractivity contribution in [3.8, 4) is 23.0 Å². The Morgan fingerprint density at radius 3 is 1.00 bits per heavy atom. The monoisotopic (exact) mass is 1280 g/mol. The number of primary amides is 1. The lowest BCUT2D eigenvalue weighted by Gasteiger charge is -2.21. The van der Waals surface area contributed by atoms with E-state index in [0.29, 0.717) is 23.1 Å². The number of aliphatic imine (C=N–C) groups is 4. The number of aliphatic carboxylic acids is 1. The fourth-order valence-corrected chi connectivity index (χ4v) is 9.42. The summed E-state index contributed by atoms with van der Waals surface area (Å²) in [6.07, 6.45) is 0.267. The molecule has 31 heteroatoms. The fraction of sp³-hybridized carbons (Fsp3) is 0.393. The van der Waals surface area contributed by atoms with Gasteiger partial charge in [-0.2, -0.15) is 0 Å². The van der Waals surface area contributed by atoms with Gasteiger partial charge in [0.25, 0.3) is 23.6 Å². The molecule has 4 amide bonds. The molecule has 0 aliphatic carbocycles. The van der Waals surface area contributed by atoms with Crippen molar-refractivity contribution in [2.75, 3.05) is 54.1 Å². The van der Waals surface area contributed by atoms with E-state index >= 15 is 0 Å². The number of carbonyl (C=O) groups excluding carboxylic acids is 8. The maximum absolute atomic E-state index is 14.5. The molecule has 4 atom stereocenters. The van der Waals surface area contributed by atoms with Crippen LogP contribution in [0.5, 0.6) is 23.0 Å². The molecule has 4 rings (SSSR count). The average molecular weight is 1280 g/mol. The van der Waals surface area contributed by atoms with Crippen LogP contribution in [0, 0.1) is 0 Å². The van der Waals surface area contributed by atoms with E-state index in [1.54, 1.807) is 12.1 Å². The summed E-state index contributed by atoms with van der Waals surface area (Å²) in [4.78, 5) is 139. The third-order valence-electron chi connectivity index (χ3n) is 14.0. The minimum absolute atomic E-state index is 0.0120. The molecule has 496 valence electrons. The van der Waals surface area contributed by atoms with Crippen molar-refractivity contribution in [2.24, 2.45) is 77.3 Å². The maximum Gasteiger partial charge on any atom is 0.341 e. The molecule has 4 aromatic carbocycles. The number of nitrogens with two attached hydrogens (primary N) is 10. The number of guanidine groups is 4. The van der Waals surface area contributed by atoms with Crippen molar-refractivity contribution in [3.63, 3.8) is 0 Å². The van der Waals surface area contributed by atoms with E-state index in [9.17, 15) is 48.3 Å². The molecule has 4 aromatic rings. The van der Waals surface area contributed by atoms with Crippen molar-refractivity contribution in [1.29, 1.82) is 0 Å². The van der Waals surface area contributed by atoms with Crippen molar-refractivity contribution in [3.05, 3.63) is 117 Å². The lowest BCUT2D eigenvalue weighted by molar-refractivity contribution is -0.139. The third kappa shape index (κ3) is 24.6. The van der Waals surface area contributed by atoms with Gasteiger partial charge in [-0.05, 0) is 122 Å². The molecule has 0 fully saturated rings. The molecule has 0 aliphatic heterocycles. The summed E-state index contributed by atoms with van der Waals surface area (Å²) >= 11 is 0. The van der Waals surface area contributed by atoms with Crippen molar-refractivity contribution >= 4 is 76.6 Å². The zero-order chi connectivity index (χ0) is 68.0. The fourth-order valence-electron chi connectivity index (χ4n) is 9.42. The number of nitrogens with one attached hydrogen (secondary N) is 3. The molecular formula is C61H83N17O14. The number of methoxy groups -OCH3 is 3. The zero-order valence-electron chi connectivity index (χ0n) is 51.6. The number of Topliss-reactive ketones (excluding diaryl/α,β-unsaturated/α-hetero) is 4. The molecule has 0 unspecified atom stereocenters. The van der Waals surface area contributed by atoms with Gasteiger partial charge in [0.05, 0.1) is 67.8 Å². The highest BCUT2D eigenvalue weighted by atomic mass is 16.5. The van der Waals surface area contributed by atoms with Crippen LogP contribution in [0.1, 0.15) is 115 Å². The van der Waals surface area contributed by atoms with E-state index in [1.165, 1.54) is 82.0 Å². The molecule has 0 saturated heterocycles. The molecule has 92 heavy (non-hydrogen) atoms. The van der Waals surface area contributed by atoms with Gasteiger partial charge in [-0.3, -0.25) is 58.3 Å². The molecule has 0 bridgehead atoms. The smallest absolute Gasteiger partial charge is 0.341 e. The van der Waals surface area contributed by atoms with Gasteiger partial charge in [0.15, 0.2) is 53.6 Å². The molecule has 31 nitrogen and oxygen atoms in total. The lowest BCUT2D eigenvalue weighted by atomic mass is 9.96. The normalized spacial score (nSPS) is 12.0. The average Bonchev–Trinajstić information content (AvgIpc) is 1.02. The van der Waals surface area contributed by atoms with Crippen LogP contribution in [0.15, 0.2) is 92.8 Å². The number of carbonyl (C=O) groups is 9. The molecule has 24 N–H and O–H groups in total. The van der Waals surface area contributed by atoms with Gasteiger partial charge < -0.3 is 97.3 Å². The van der Waals surface area contributed by atoms with Gasteiger partial charge in [-0.15, -0.1) is 0 Å². The van der Waals surface area contributed by atoms with Gasteiger partial charge >= 0.3 is 5.97 Å². The number of benzene rings is 4.